The van der Waals surface area contributed by atoms with Gasteiger partial charge in [-0.25, -0.2) is 15.0 Å². The van der Waals surface area contributed by atoms with Crippen molar-refractivity contribution in [1.82, 2.24) is 20.3 Å². The Balaban J connectivity index is 1.53. The summed E-state index contributed by atoms with van der Waals surface area (Å²) in [5.41, 5.74) is 1.30. The minimum absolute atomic E-state index is 0.0491. The first-order valence-electron chi connectivity index (χ1n) is 8.18. The van der Waals surface area contributed by atoms with E-state index in [0.717, 1.165) is 48.0 Å². The molecule has 1 amide bonds. The van der Waals surface area contributed by atoms with Gasteiger partial charge >= 0.3 is 0 Å². The predicted molar refractivity (Wildman–Crippen MR) is 91.6 cm³/mol. The Kier molecular flexibility index (Phi) is 5.20. The molecule has 6 nitrogen and oxygen atoms in total. The molecule has 0 bridgehead atoms. The minimum atomic E-state index is -0.386. The van der Waals surface area contributed by atoms with E-state index in [0.29, 0.717) is 13.0 Å². The summed E-state index contributed by atoms with van der Waals surface area (Å²) in [5, 5.41) is 5.77. The highest BCUT2D eigenvalue weighted by atomic mass is 32.1. The number of ether oxygens (including phenoxy) is 1. The lowest BCUT2D eigenvalue weighted by molar-refractivity contribution is -0.120. The number of aromatic nitrogens is 3. The maximum Gasteiger partial charge on any atom is 0.226 e. The number of rotatable bonds is 5. The molecule has 2 aromatic rings. The number of amides is 1. The minimum Gasteiger partial charge on any atom is -0.367 e. The van der Waals surface area contributed by atoms with Crippen molar-refractivity contribution in [2.45, 2.75) is 51.7 Å². The van der Waals surface area contributed by atoms with Crippen molar-refractivity contribution >= 4 is 17.2 Å². The van der Waals surface area contributed by atoms with Gasteiger partial charge < -0.3 is 10.1 Å². The normalized spacial score (nSPS) is 20.8. The van der Waals surface area contributed by atoms with E-state index in [9.17, 15) is 4.79 Å². The van der Waals surface area contributed by atoms with Crippen molar-refractivity contribution in [2.24, 2.45) is 0 Å². The molecule has 128 valence electrons. The molecule has 1 N–H and O–H groups in total. The van der Waals surface area contributed by atoms with Gasteiger partial charge in [-0.3, -0.25) is 4.79 Å². The molecule has 1 fully saturated rings. The molecule has 0 aliphatic carbocycles. The van der Waals surface area contributed by atoms with Gasteiger partial charge in [0, 0.05) is 36.5 Å². The lowest BCUT2D eigenvalue weighted by atomic mass is 9.95. The predicted octanol–water partition coefficient (Wildman–Crippen LogP) is 2.52. The van der Waals surface area contributed by atoms with Gasteiger partial charge in [-0.15, -0.1) is 11.3 Å². The van der Waals surface area contributed by atoms with E-state index >= 15 is 0 Å². The SMILES string of the molecule is Cc1nc(CC(=O)NCc2cnc([C@@]3(C)CCCCO3)nc2)cs1. The van der Waals surface area contributed by atoms with Crippen LogP contribution in [-0.4, -0.2) is 27.5 Å². The first kappa shape index (κ1) is 17.0. The van der Waals surface area contributed by atoms with Gasteiger partial charge in [0.1, 0.15) is 5.60 Å². The third-order valence-electron chi connectivity index (χ3n) is 4.15. The maximum absolute atomic E-state index is 12.0. The third-order valence-corrected chi connectivity index (χ3v) is 4.97. The fourth-order valence-electron chi connectivity index (χ4n) is 2.75. The van der Waals surface area contributed by atoms with E-state index in [1.165, 1.54) is 0 Å². The molecule has 0 saturated carbocycles. The van der Waals surface area contributed by atoms with Gasteiger partial charge in [-0.1, -0.05) is 0 Å². The van der Waals surface area contributed by atoms with E-state index < -0.39 is 0 Å². The second-order valence-corrected chi connectivity index (χ2v) is 7.32. The van der Waals surface area contributed by atoms with Gasteiger partial charge in [0.15, 0.2) is 5.82 Å². The smallest absolute Gasteiger partial charge is 0.226 e. The van der Waals surface area contributed by atoms with Crippen LogP contribution in [0.1, 0.15) is 48.3 Å². The summed E-state index contributed by atoms with van der Waals surface area (Å²) < 4.78 is 5.86. The molecule has 0 unspecified atom stereocenters. The number of nitrogens with one attached hydrogen (secondary N) is 1. The Labute approximate surface area is 145 Å². The fourth-order valence-corrected chi connectivity index (χ4v) is 3.36. The van der Waals surface area contributed by atoms with Crippen LogP contribution >= 0.6 is 11.3 Å². The number of aryl methyl sites for hydroxylation is 1. The lowest BCUT2D eigenvalue weighted by Gasteiger charge is -2.32. The zero-order chi connectivity index (χ0) is 17.0. The van der Waals surface area contributed by atoms with Crippen molar-refractivity contribution in [3.8, 4) is 0 Å². The van der Waals surface area contributed by atoms with Gasteiger partial charge in [-0.2, -0.15) is 0 Å². The lowest BCUT2D eigenvalue weighted by Crippen LogP contribution is -2.32. The summed E-state index contributed by atoms with van der Waals surface area (Å²) in [6.45, 7) is 5.15. The molecule has 1 saturated heterocycles. The molecule has 1 aliphatic rings. The largest absolute Gasteiger partial charge is 0.367 e. The molecule has 1 atom stereocenters. The standard InChI is InChI=1S/C17H22N4O2S/c1-12-21-14(11-24-12)7-15(22)18-8-13-9-19-16(20-10-13)17(2)5-3-4-6-23-17/h9-11H,3-8H2,1-2H3,(H,18,22)/t17-/m1/s1. The molecule has 0 radical (unpaired) electrons. The highest BCUT2D eigenvalue weighted by molar-refractivity contribution is 7.09. The molecule has 0 spiro atoms. The average molecular weight is 346 g/mol. The van der Waals surface area contributed by atoms with Crippen molar-refractivity contribution in [2.75, 3.05) is 6.61 Å². The van der Waals surface area contributed by atoms with Crippen molar-refractivity contribution in [1.29, 1.82) is 0 Å². The second-order valence-electron chi connectivity index (χ2n) is 6.26. The van der Waals surface area contributed by atoms with Gasteiger partial charge in [0.25, 0.3) is 0 Å². The molecule has 3 rings (SSSR count). The molecule has 1 aliphatic heterocycles. The monoisotopic (exact) mass is 346 g/mol. The fraction of sp³-hybridized carbons (Fsp3) is 0.529. The molecule has 0 aromatic carbocycles. The molecule has 2 aromatic heterocycles. The maximum atomic E-state index is 12.0. The number of hydrogen-bond donors (Lipinski definition) is 1. The van der Waals surface area contributed by atoms with E-state index in [1.54, 1.807) is 23.7 Å². The second kappa shape index (κ2) is 7.36. The van der Waals surface area contributed by atoms with E-state index in [-0.39, 0.29) is 11.5 Å². The summed E-state index contributed by atoms with van der Waals surface area (Å²) in [6, 6.07) is 0. The quantitative estimate of drug-likeness (QED) is 0.900. The van der Waals surface area contributed by atoms with Gasteiger partial charge in [0.2, 0.25) is 5.91 Å². The van der Waals surface area contributed by atoms with Crippen LogP contribution in [-0.2, 0) is 28.1 Å². The molecule has 3 heterocycles. The Morgan fingerprint density at radius 2 is 2.17 bits per heavy atom. The van der Waals surface area contributed by atoms with Crippen LogP contribution < -0.4 is 5.32 Å². The zero-order valence-electron chi connectivity index (χ0n) is 14.0. The molecule has 7 heteroatoms. The number of hydrogen-bond acceptors (Lipinski definition) is 6. The number of carbonyl (C=O) groups excluding carboxylic acids is 1. The first-order chi connectivity index (χ1) is 11.5. The summed E-state index contributed by atoms with van der Waals surface area (Å²) in [5.74, 6) is 0.669. The third kappa shape index (κ3) is 4.15. The van der Waals surface area contributed by atoms with E-state index in [2.05, 4.69) is 20.3 Å². The van der Waals surface area contributed by atoms with E-state index in [1.807, 2.05) is 19.2 Å². The highest BCUT2D eigenvalue weighted by Gasteiger charge is 2.32. The van der Waals surface area contributed by atoms with Crippen LogP contribution in [0.4, 0.5) is 0 Å². The van der Waals surface area contributed by atoms with Crippen LogP contribution in [0.25, 0.3) is 0 Å². The van der Waals surface area contributed by atoms with Crippen molar-refractivity contribution < 1.29 is 9.53 Å². The summed E-state index contributed by atoms with van der Waals surface area (Å²) in [6.07, 6.45) is 6.99. The van der Waals surface area contributed by atoms with E-state index in [4.69, 9.17) is 4.74 Å². The van der Waals surface area contributed by atoms with Crippen molar-refractivity contribution in [3.05, 3.63) is 39.9 Å². The van der Waals surface area contributed by atoms with Crippen LogP contribution in [0.2, 0.25) is 0 Å². The zero-order valence-corrected chi connectivity index (χ0v) is 14.9. The summed E-state index contributed by atoms with van der Waals surface area (Å²) >= 11 is 1.55. The van der Waals surface area contributed by atoms with Crippen molar-refractivity contribution in [3.63, 3.8) is 0 Å². The van der Waals surface area contributed by atoms with Crippen LogP contribution in [0.15, 0.2) is 17.8 Å². The topological polar surface area (TPSA) is 77.0 Å². The number of thiazole rings is 1. The van der Waals surface area contributed by atoms with Crippen LogP contribution in [0.5, 0.6) is 0 Å². The molecular formula is C17H22N4O2S. The number of carbonyl (C=O) groups is 1. The Bertz CT molecular complexity index is 693. The number of nitrogens with zero attached hydrogens (tertiary/aromatic N) is 3. The molecule has 24 heavy (non-hydrogen) atoms. The Morgan fingerprint density at radius 1 is 1.38 bits per heavy atom. The Hall–Kier alpha value is -1.86. The molecular weight excluding hydrogens is 324 g/mol. The highest BCUT2D eigenvalue weighted by Crippen LogP contribution is 2.32. The first-order valence-corrected chi connectivity index (χ1v) is 9.06. The average Bonchev–Trinajstić information content (AvgIpc) is 2.99. The Morgan fingerprint density at radius 3 is 2.79 bits per heavy atom. The van der Waals surface area contributed by atoms with Gasteiger partial charge in [0.05, 0.1) is 17.1 Å². The van der Waals surface area contributed by atoms with Crippen LogP contribution in [0.3, 0.4) is 0 Å². The van der Waals surface area contributed by atoms with Gasteiger partial charge in [-0.05, 0) is 33.1 Å². The summed E-state index contributed by atoms with van der Waals surface area (Å²) in [7, 11) is 0. The van der Waals surface area contributed by atoms with Crippen LogP contribution in [0, 0.1) is 6.92 Å². The summed E-state index contributed by atoms with van der Waals surface area (Å²) in [4.78, 5) is 25.1.